The molecule has 5 nitrogen and oxygen atoms in total. The van der Waals surface area contributed by atoms with Gasteiger partial charge in [0.05, 0.1) is 11.6 Å². The highest BCUT2D eigenvalue weighted by atomic mass is 16.6. The van der Waals surface area contributed by atoms with Crippen molar-refractivity contribution in [1.82, 2.24) is 10.3 Å². The zero-order valence-electron chi connectivity index (χ0n) is 13.2. The summed E-state index contributed by atoms with van der Waals surface area (Å²) in [5.74, 6) is -0.205. The minimum absolute atomic E-state index is 0.205. The molecule has 0 spiro atoms. The predicted octanol–water partition coefficient (Wildman–Crippen LogP) is 3.33. The van der Waals surface area contributed by atoms with E-state index in [0.29, 0.717) is 5.56 Å². The van der Waals surface area contributed by atoms with E-state index in [2.05, 4.69) is 10.3 Å². The predicted molar refractivity (Wildman–Crippen MR) is 84.9 cm³/mol. The number of nitrogens with zero attached hydrogens (tertiary/aromatic N) is 1. The Labute approximate surface area is 129 Å². The second-order valence-electron chi connectivity index (χ2n) is 6.15. The number of nitrogens with one attached hydrogen (secondary N) is 1. The molecule has 0 aliphatic heterocycles. The van der Waals surface area contributed by atoms with Crippen molar-refractivity contribution in [3.8, 4) is 0 Å². The second-order valence-corrected chi connectivity index (χ2v) is 6.15. The van der Waals surface area contributed by atoms with Crippen LogP contribution in [0.3, 0.4) is 0 Å². The molecule has 5 heteroatoms. The lowest BCUT2D eigenvalue weighted by Crippen LogP contribution is -2.41. The number of carbonyl (C=O) groups is 2. The van der Waals surface area contributed by atoms with Crippen LogP contribution < -0.4 is 5.32 Å². The zero-order valence-corrected chi connectivity index (χ0v) is 13.2. The number of alkyl carbamates (subject to hydrolysis) is 1. The highest BCUT2D eigenvalue weighted by Gasteiger charge is 2.22. The van der Waals surface area contributed by atoms with Crippen molar-refractivity contribution < 1.29 is 14.3 Å². The van der Waals surface area contributed by atoms with Crippen LogP contribution in [0.5, 0.6) is 0 Å². The Morgan fingerprint density at radius 3 is 2.59 bits per heavy atom. The van der Waals surface area contributed by atoms with Gasteiger partial charge in [0.25, 0.3) is 0 Å². The largest absolute Gasteiger partial charge is 0.444 e. The fraction of sp³-hybridized carbons (Fsp3) is 0.353. The van der Waals surface area contributed by atoms with E-state index in [1.54, 1.807) is 33.8 Å². The molecular formula is C17H20N2O3. The molecule has 116 valence electrons. The summed E-state index contributed by atoms with van der Waals surface area (Å²) in [6, 6.07) is 8.65. The van der Waals surface area contributed by atoms with Gasteiger partial charge >= 0.3 is 6.09 Å². The number of ether oxygens (including phenoxy) is 1. The topological polar surface area (TPSA) is 68.3 Å². The lowest BCUT2D eigenvalue weighted by atomic mass is 10.1. The van der Waals surface area contributed by atoms with Gasteiger partial charge in [0.15, 0.2) is 5.78 Å². The first kappa shape index (κ1) is 15.9. The van der Waals surface area contributed by atoms with Crippen LogP contribution in [-0.4, -0.2) is 28.5 Å². The molecule has 1 heterocycles. The molecule has 0 fully saturated rings. The second kappa shape index (κ2) is 6.13. The monoisotopic (exact) mass is 300 g/mol. The van der Waals surface area contributed by atoms with Crippen molar-refractivity contribution in [1.29, 1.82) is 0 Å². The van der Waals surface area contributed by atoms with Gasteiger partial charge < -0.3 is 10.1 Å². The normalized spacial score (nSPS) is 12.7. The first-order valence-electron chi connectivity index (χ1n) is 7.15. The molecule has 0 aliphatic carbocycles. The number of amides is 1. The van der Waals surface area contributed by atoms with Crippen molar-refractivity contribution >= 4 is 22.8 Å². The first-order chi connectivity index (χ1) is 10.3. The quantitative estimate of drug-likeness (QED) is 0.883. The Balaban J connectivity index is 2.10. The number of fused-ring (bicyclic) bond motifs is 1. The summed E-state index contributed by atoms with van der Waals surface area (Å²) in [4.78, 5) is 28.4. The Morgan fingerprint density at radius 1 is 1.23 bits per heavy atom. The van der Waals surface area contributed by atoms with Crippen LogP contribution in [0.4, 0.5) is 4.79 Å². The third kappa shape index (κ3) is 4.04. The van der Waals surface area contributed by atoms with Crippen LogP contribution in [0.2, 0.25) is 0 Å². The highest BCUT2D eigenvalue weighted by molar-refractivity contribution is 6.03. The number of ketones is 1. The van der Waals surface area contributed by atoms with Gasteiger partial charge in [-0.05, 0) is 39.8 Å². The van der Waals surface area contributed by atoms with Crippen LogP contribution in [0.25, 0.3) is 10.9 Å². The average Bonchev–Trinajstić information content (AvgIpc) is 2.43. The summed E-state index contributed by atoms with van der Waals surface area (Å²) in [6.45, 7) is 6.94. The summed E-state index contributed by atoms with van der Waals surface area (Å²) >= 11 is 0. The van der Waals surface area contributed by atoms with Gasteiger partial charge in [0.2, 0.25) is 0 Å². The summed E-state index contributed by atoms with van der Waals surface area (Å²) in [5.41, 5.74) is 0.686. The maximum absolute atomic E-state index is 12.4. The van der Waals surface area contributed by atoms with E-state index in [1.165, 1.54) is 6.20 Å². The maximum Gasteiger partial charge on any atom is 0.408 e. The van der Waals surface area contributed by atoms with Gasteiger partial charge in [-0.1, -0.05) is 18.2 Å². The number of hydrogen-bond acceptors (Lipinski definition) is 4. The fourth-order valence-corrected chi connectivity index (χ4v) is 2.01. The van der Waals surface area contributed by atoms with Gasteiger partial charge in [-0.2, -0.15) is 0 Å². The molecule has 1 amide bonds. The molecule has 0 aliphatic rings. The molecule has 1 atom stereocenters. The molecule has 0 saturated carbocycles. The molecule has 0 unspecified atom stereocenters. The Bertz CT molecular complexity index is 704. The summed E-state index contributed by atoms with van der Waals surface area (Å²) in [6.07, 6.45) is 0.917. The van der Waals surface area contributed by atoms with Gasteiger partial charge in [-0.3, -0.25) is 9.78 Å². The molecule has 0 radical (unpaired) electrons. The number of Topliss-reactive ketones (excluding diaryl/α,β-unsaturated/α-hetero) is 1. The van der Waals surface area contributed by atoms with Gasteiger partial charge in [0, 0.05) is 17.1 Å². The SMILES string of the molecule is C[C@H](NC(=O)OC(C)(C)C)C(=O)c1cnc2ccccc2c1. The third-order valence-electron chi connectivity index (χ3n) is 3.00. The van der Waals surface area contributed by atoms with E-state index in [-0.39, 0.29) is 5.78 Å². The molecule has 1 aromatic heterocycles. The van der Waals surface area contributed by atoms with Gasteiger partial charge in [0.1, 0.15) is 5.60 Å². The number of benzene rings is 1. The Hall–Kier alpha value is -2.43. The van der Waals surface area contributed by atoms with Crippen molar-refractivity contribution in [2.75, 3.05) is 0 Å². The van der Waals surface area contributed by atoms with E-state index >= 15 is 0 Å². The smallest absolute Gasteiger partial charge is 0.408 e. The number of rotatable bonds is 3. The van der Waals surface area contributed by atoms with Crippen LogP contribution in [0.15, 0.2) is 36.5 Å². The number of aromatic nitrogens is 1. The minimum atomic E-state index is -0.683. The maximum atomic E-state index is 12.4. The number of para-hydroxylation sites is 1. The van der Waals surface area contributed by atoms with Crippen molar-refractivity contribution in [3.63, 3.8) is 0 Å². The van der Waals surface area contributed by atoms with Crippen LogP contribution in [0, 0.1) is 0 Å². The van der Waals surface area contributed by atoms with E-state index in [4.69, 9.17) is 4.74 Å². The number of hydrogen-bond donors (Lipinski definition) is 1. The molecule has 0 saturated heterocycles. The van der Waals surface area contributed by atoms with E-state index in [9.17, 15) is 9.59 Å². The van der Waals surface area contributed by atoms with Crippen molar-refractivity contribution in [2.45, 2.75) is 39.3 Å². The van der Waals surface area contributed by atoms with Crippen LogP contribution in [-0.2, 0) is 4.74 Å². The van der Waals surface area contributed by atoms with Gasteiger partial charge in [-0.15, -0.1) is 0 Å². The molecule has 1 N–H and O–H groups in total. The Kier molecular flexibility index (Phi) is 4.45. The lowest BCUT2D eigenvalue weighted by Gasteiger charge is -2.21. The van der Waals surface area contributed by atoms with Crippen LogP contribution >= 0.6 is 0 Å². The molecule has 2 rings (SSSR count). The number of carbonyl (C=O) groups excluding carboxylic acids is 2. The van der Waals surface area contributed by atoms with E-state index in [1.807, 2.05) is 24.3 Å². The third-order valence-corrected chi connectivity index (χ3v) is 3.00. The molecular weight excluding hydrogens is 280 g/mol. The molecule has 1 aromatic carbocycles. The first-order valence-corrected chi connectivity index (χ1v) is 7.15. The fourth-order valence-electron chi connectivity index (χ4n) is 2.01. The zero-order chi connectivity index (χ0) is 16.3. The van der Waals surface area contributed by atoms with Gasteiger partial charge in [-0.25, -0.2) is 4.79 Å². The summed E-state index contributed by atoms with van der Waals surface area (Å²) < 4.78 is 5.15. The van der Waals surface area contributed by atoms with Crippen molar-refractivity contribution in [3.05, 3.63) is 42.1 Å². The highest BCUT2D eigenvalue weighted by Crippen LogP contribution is 2.14. The lowest BCUT2D eigenvalue weighted by molar-refractivity contribution is 0.0496. The number of pyridine rings is 1. The molecule has 22 heavy (non-hydrogen) atoms. The minimum Gasteiger partial charge on any atom is -0.444 e. The van der Waals surface area contributed by atoms with Crippen molar-refractivity contribution in [2.24, 2.45) is 0 Å². The Morgan fingerprint density at radius 2 is 1.91 bits per heavy atom. The van der Waals surface area contributed by atoms with Crippen LogP contribution in [0.1, 0.15) is 38.1 Å². The van der Waals surface area contributed by atoms with E-state index in [0.717, 1.165) is 10.9 Å². The molecule has 2 aromatic rings. The summed E-state index contributed by atoms with van der Waals surface area (Å²) in [5, 5.41) is 3.43. The summed E-state index contributed by atoms with van der Waals surface area (Å²) in [7, 11) is 0. The molecule has 0 bridgehead atoms. The van der Waals surface area contributed by atoms with E-state index < -0.39 is 17.7 Å². The average molecular weight is 300 g/mol. The standard InChI is InChI=1S/C17H20N2O3/c1-11(19-16(21)22-17(2,3)4)15(20)13-9-12-7-5-6-8-14(12)18-10-13/h5-11H,1-4H3,(H,19,21)/t11-/m0/s1.